The normalized spacial score (nSPS) is 24.3. The van der Waals surface area contributed by atoms with Crippen molar-refractivity contribution in [3.8, 4) is 0 Å². The standard InChI is InChI=1S/C27H34N6O5S/c1-18-13-20(5-8-24(18)32-17-28-30(3)29-32)39(36,37)33-11-4-9-27(33)10-12-31(16-27)14-25(34)21-6-7-22-23(19(21)2)15-38-26(22)35/h5-8,13,17,25,29,34H,4,9-12,14-16H2,1-3H3/t25-,27?/m0/s1. The SMILES string of the molecule is Cc1cc(S(=O)(=O)N2CCCC23CCN(C[C@H](O)c2ccc4c(c2C)COC4=O)C3)ccc1N1C=NN(C)N1. The number of hydrazone groups is 1. The summed E-state index contributed by atoms with van der Waals surface area (Å²) in [5, 5.41) is 18.6. The van der Waals surface area contributed by atoms with Gasteiger partial charge in [0.05, 0.1) is 27.8 Å². The van der Waals surface area contributed by atoms with Crippen LogP contribution in [0.25, 0.3) is 0 Å². The molecule has 208 valence electrons. The highest BCUT2D eigenvalue weighted by atomic mass is 32.2. The van der Waals surface area contributed by atoms with Gasteiger partial charge in [0.15, 0.2) is 0 Å². The van der Waals surface area contributed by atoms with Crippen molar-refractivity contribution in [2.45, 2.75) is 56.3 Å². The fourth-order valence-electron chi connectivity index (χ4n) is 6.50. The molecule has 0 amide bonds. The number of benzene rings is 2. The molecule has 6 rings (SSSR count). The molecule has 2 aromatic carbocycles. The smallest absolute Gasteiger partial charge is 0.338 e. The number of sulfonamides is 1. The summed E-state index contributed by atoms with van der Waals surface area (Å²) >= 11 is 0. The molecule has 4 heterocycles. The first-order chi connectivity index (χ1) is 18.6. The minimum atomic E-state index is -3.71. The number of esters is 1. The summed E-state index contributed by atoms with van der Waals surface area (Å²) in [4.78, 5) is 14.3. The summed E-state index contributed by atoms with van der Waals surface area (Å²) in [6.45, 7) is 6.21. The molecule has 0 aromatic heterocycles. The van der Waals surface area contributed by atoms with Gasteiger partial charge in [0.25, 0.3) is 0 Å². The minimum Gasteiger partial charge on any atom is -0.457 e. The van der Waals surface area contributed by atoms with Gasteiger partial charge in [0.2, 0.25) is 10.0 Å². The summed E-state index contributed by atoms with van der Waals surface area (Å²) in [5.74, 6) is -0.322. The Balaban J connectivity index is 1.18. The molecule has 0 radical (unpaired) electrons. The van der Waals surface area contributed by atoms with Crippen LogP contribution < -0.4 is 10.5 Å². The number of β-amino-alcohol motifs (C(OH)–C–C–N with tert-alkyl or cyclic N) is 1. The van der Waals surface area contributed by atoms with Crippen molar-refractivity contribution in [3.05, 3.63) is 58.1 Å². The maximum Gasteiger partial charge on any atom is 0.338 e. The molecule has 2 aromatic rings. The van der Waals surface area contributed by atoms with Crippen LogP contribution in [0.4, 0.5) is 5.69 Å². The number of hydrazine groups is 2. The molecule has 0 aliphatic carbocycles. The van der Waals surface area contributed by atoms with Crippen LogP contribution in [0.3, 0.4) is 0 Å². The molecule has 0 bridgehead atoms. The molecule has 12 heteroatoms. The largest absolute Gasteiger partial charge is 0.457 e. The fraction of sp³-hybridized carbons (Fsp3) is 0.481. The lowest BCUT2D eigenvalue weighted by Gasteiger charge is -2.34. The molecule has 4 aliphatic rings. The van der Waals surface area contributed by atoms with Crippen LogP contribution in [0, 0.1) is 13.8 Å². The van der Waals surface area contributed by atoms with E-state index in [-0.39, 0.29) is 12.6 Å². The Morgan fingerprint density at radius 2 is 2.00 bits per heavy atom. The number of aliphatic hydroxyl groups is 1. The van der Waals surface area contributed by atoms with Gasteiger partial charge in [-0.25, -0.2) is 23.3 Å². The van der Waals surface area contributed by atoms with Gasteiger partial charge < -0.3 is 9.84 Å². The minimum absolute atomic E-state index is 0.236. The maximum atomic E-state index is 13.9. The molecule has 2 atom stereocenters. The van der Waals surface area contributed by atoms with Gasteiger partial charge in [-0.2, -0.15) is 4.31 Å². The number of rotatable bonds is 6. The first-order valence-corrected chi connectivity index (χ1v) is 14.7. The zero-order chi connectivity index (χ0) is 27.5. The lowest BCUT2D eigenvalue weighted by Crippen LogP contribution is -2.49. The summed E-state index contributed by atoms with van der Waals surface area (Å²) in [5.41, 5.74) is 7.29. The van der Waals surface area contributed by atoms with Crippen LogP contribution in [0.5, 0.6) is 0 Å². The van der Waals surface area contributed by atoms with E-state index in [2.05, 4.69) is 15.5 Å². The lowest BCUT2D eigenvalue weighted by molar-refractivity contribution is 0.0535. The van der Waals surface area contributed by atoms with E-state index in [1.165, 1.54) is 0 Å². The Kier molecular flexibility index (Phi) is 6.42. The number of nitrogens with one attached hydrogen (secondary N) is 1. The fourth-order valence-corrected chi connectivity index (χ4v) is 8.44. The second-order valence-corrected chi connectivity index (χ2v) is 12.8. The van der Waals surface area contributed by atoms with Gasteiger partial charge in [-0.05, 0) is 74.1 Å². The van der Waals surface area contributed by atoms with Gasteiger partial charge in [0, 0.05) is 38.8 Å². The molecule has 39 heavy (non-hydrogen) atoms. The number of aryl methyl sites for hydroxylation is 1. The van der Waals surface area contributed by atoms with Crippen LogP contribution in [0.1, 0.15) is 58.0 Å². The number of aliphatic hydroxyl groups excluding tert-OH is 1. The number of anilines is 1. The van der Waals surface area contributed by atoms with E-state index in [0.29, 0.717) is 36.6 Å². The number of carbonyl (C=O) groups is 1. The Labute approximate surface area is 228 Å². The van der Waals surface area contributed by atoms with Crippen LogP contribution in [0.15, 0.2) is 40.3 Å². The number of cyclic esters (lactones) is 1. The average Bonchev–Trinajstić information content (AvgIpc) is 3.69. The van der Waals surface area contributed by atoms with Gasteiger partial charge in [-0.1, -0.05) is 6.07 Å². The molecule has 2 fully saturated rings. The lowest BCUT2D eigenvalue weighted by atomic mass is 9.95. The van der Waals surface area contributed by atoms with E-state index >= 15 is 0 Å². The third-order valence-electron chi connectivity index (χ3n) is 8.55. The predicted molar refractivity (Wildman–Crippen MR) is 145 cm³/mol. The number of carbonyl (C=O) groups excluding carboxylic acids is 1. The zero-order valence-corrected chi connectivity index (χ0v) is 23.2. The molecule has 11 nitrogen and oxygen atoms in total. The number of hydrogen-bond donors (Lipinski definition) is 2. The summed E-state index contributed by atoms with van der Waals surface area (Å²) in [6.07, 6.45) is 3.23. The Morgan fingerprint density at radius 3 is 2.74 bits per heavy atom. The Bertz CT molecular complexity index is 1460. The summed E-state index contributed by atoms with van der Waals surface area (Å²) in [7, 11) is -1.93. The third-order valence-corrected chi connectivity index (χ3v) is 10.6. The van der Waals surface area contributed by atoms with Crippen molar-refractivity contribution in [2.75, 3.05) is 38.2 Å². The summed E-state index contributed by atoms with van der Waals surface area (Å²) < 4.78 is 34.7. The van der Waals surface area contributed by atoms with Crippen molar-refractivity contribution < 1.29 is 23.1 Å². The van der Waals surface area contributed by atoms with Crippen molar-refractivity contribution in [1.82, 2.24) is 19.9 Å². The highest BCUT2D eigenvalue weighted by Crippen LogP contribution is 2.42. The third kappa shape index (κ3) is 4.40. The van der Waals surface area contributed by atoms with Crippen molar-refractivity contribution in [2.24, 2.45) is 5.10 Å². The van der Waals surface area contributed by atoms with Gasteiger partial charge in [-0.3, -0.25) is 4.90 Å². The highest BCUT2D eigenvalue weighted by molar-refractivity contribution is 7.89. The van der Waals surface area contributed by atoms with E-state index < -0.39 is 21.7 Å². The molecular formula is C27H34N6O5S. The molecule has 2 N–H and O–H groups in total. The first kappa shape index (κ1) is 26.2. The maximum absolute atomic E-state index is 13.9. The van der Waals surface area contributed by atoms with Gasteiger partial charge in [0.1, 0.15) is 12.9 Å². The van der Waals surface area contributed by atoms with Crippen molar-refractivity contribution in [3.63, 3.8) is 0 Å². The summed E-state index contributed by atoms with van der Waals surface area (Å²) in [6, 6.07) is 8.73. The Hall–Kier alpha value is -3.03. The monoisotopic (exact) mass is 554 g/mol. The molecular weight excluding hydrogens is 520 g/mol. The highest BCUT2D eigenvalue weighted by Gasteiger charge is 2.51. The van der Waals surface area contributed by atoms with E-state index in [0.717, 1.165) is 47.2 Å². The molecule has 2 saturated heterocycles. The number of ether oxygens (including phenoxy) is 1. The zero-order valence-electron chi connectivity index (χ0n) is 22.4. The van der Waals surface area contributed by atoms with Crippen molar-refractivity contribution in [1.29, 1.82) is 0 Å². The number of nitrogens with zero attached hydrogens (tertiary/aromatic N) is 5. The molecule has 1 spiro atoms. The molecule has 1 unspecified atom stereocenters. The quantitative estimate of drug-likeness (QED) is 0.518. The van der Waals surface area contributed by atoms with E-state index in [1.807, 2.05) is 13.8 Å². The van der Waals surface area contributed by atoms with Crippen molar-refractivity contribution >= 4 is 28.0 Å². The Morgan fingerprint density at radius 1 is 1.18 bits per heavy atom. The average molecular weight is 555 g/mol. The van der Waals surface area contributed by atoms with Gasteiger partial charge >= 0.3 is 5.97 Å². The molecule has 4 aliphatic heterocycles. The van der Waals surface area contributed by atoms with Crippen LogP contribution >= 0.6 is 0 Å². The van der Waals surface area contributed by atoms with Crippen LogP contribution in [0.2, 0.25) is 0 Å². The second-order valence-electron chi connectivity index (χ2n) is 11.0. The number of likely N-dealkylation sites (tertiary alicyclic amines) is 1. The first-order valence-electron chi connectivity index (χ1n) is 13.3. The van der Waals surface area contributed by atoms with E-state index in [4.69, 9.17) is 4.74 Å². The van der Waals surface area contributed by atoms with E-state index in [9.17, 15) is 18.3 Å². The topological polar surface area (TPSA) is 118 Å². The predicted octanol–water partition coefficient (Wildman–Crippen LogP) is 2.05. The number of hydrogen-bond acceptors (Lipinski definition) is 10. The van der Waals surface area contributed by atoms with E-state index in [1.54, 1.807) is 58.2 Å². The number of fused-ring (bicyclic) bond motifs is 1. The van der Waals surface area contributed by atoms with Crippen LogP contribution in [-0.2, 0) is 21.4 Å². The van der Waals surface area contributed by atoms with Gasteiger partial charge in [-0.15, -0.1) is 10.6 Å². The second kappa shape index (κ2) is 9.56. The molecule has 0 saturated carbocycles. The van der Waals surface area contributed by atoms with Crippen LogP contribution in [-0.4, -0.2) is 78.9 Å².